The zero-order valence-electron chi connectivity index (χ0n) is 12.4. The van der Waals surface area contributed by atoms with Gasteiger partial charge in [-0.1, -0.05) is 6.07 Å². The van der Waals surface area contributed by atoms with Crippen LogP contribution in [0.1, 0.15) is 24.8 Å². The van der Waals surface area contributed by atoms with Crippen molar-refractivity contribution in [1.82, 2.24) is 4.90 Å². The molecule has 1 rings (SSSR count). The molecule has 0 fully saturated rings. The van der Waals surface area contributed by atoms with Crippen LogP contribution in [-0.2, 0) is 4.79 Å². The number of nitrogens with zero attached hydrogens (tertiary/aromatic N) is 1. The fourth-order valence-electron chi connectivity index (χ4n) is 1.96. The van der Waals surface area contributed by atoms with E-state index in [4.69, 9.17) is 10.8 Å². The minimum atomic E-state index is -0.0386. The second-order valence-corrected chi connectivity index (χ2v) is 5.14. The summed E-state index contributed by atoms with van der Waals surface area (Å²) in [5, 5.41) is 11.6. The van der Waals surface area contributed by atoms with Gasteiger partial charge in [-0.05, 0) is 57.5 Å². The Hall–Kier alpha value is -1.59. The van der Waals surface area contributed by atoms with Crippen LogP contribution < -0.4 is 11.1 Å². The molecule has 0 saturated carbocycles. The van der Waals surface area contributed by atoms with Gasteiger partial charge in [0.2, 0.25) is 5.91 Å². The molecule has 0 aliphatic heterocycles. The molecule has 0 heterocycles. The van der Waals surface area contributed by atoms with Crippen molar-refractivity contribution < 1.29 is 9.90 Å². The van der Waals surface area contributed by atoms with E-state index in [1.165, 1.54) is 0 Å². The van der Waals surface area contributed by atoms with E-state index < -0.39 is 0 Å². The number of nitrogens with two attached hydrogens (primary N) is 1. The van der Waals surface area contributed by atoms with Crippen molar-refractivity contribution in [2.45, 2.75) is 26.2 Å². The summed E-state index contributed by atoms with van der Waals surface area (Å²) in [4.78, 5) is 13.9. The van der Waals surface area contributed by atoms with Crippen LogP contribution in [0.25, 0.3) is 0 Å². The highest BCUT2D eigenvalue weighted by Gasteiger charge is 2.08. The van der Waals surface area contributed by atoms with E-state index in [2.05, 4.69) is 5.32 Å². The Morgan fingerprint density at radius 3 is 2.80 bits per heavy atom. The van der Waals surface area contributed by atoms with Gasteiger partial charge in [0, 0.05) is 18.0 Å². The number of aliphatic hydroxyl groups excluding tert-OH is 1. The lowest BCUT2D eigenvalue weighted by Crippen LogP contribution is -2.31. The molecular weight excluding hydrogens is 254 g/mol. The van der Waals surface area contributed by atoms with Gasteiger partial charge in [-0.3, -0.25) is 9.69 Å². The number of benzene rings is 1. The molecule has 1 aromatic rings. The maximum absolute atomic E-state index is 11.9. The summed E-state index contributed by atoms with van der Waals surface area (Å²) in [7, 11) is 1.92. The van der Waals surface area contributed by atoms with E-state index in [1.807, 2.05) is 31.0 Å². The third-order valence-corrected chi connectivity index (χ3v) is 3.15. The molecule has 0 radical (unpaired) electrons. The quantitative estimate of drug-likeness (QED) is 0.499. The average Bonchev–Trinajstić information content (AvgIpc) is 2.39. The van der Waals surface area contributed by atoms with E-state index in [1.54, 1.807) is 6.07 Å². The lowest BCUT2D eigenvalue weighted by Gasteiger charge is -2.16. The number of rotatable bonds is 8. The fraction of sp³-hybridized carbons (Fsp3) is 0.533. The Labute approximate surface area is 120 Å². The summed E-state index contributed by atoms with van der Waals surface area (Å²) in [6.07, 6.45) is 2.79. The summed E-state index contributed by atoms with van der Waals surface area (Å²) in [5.41, 5.74) is 8.12. The van der Waals surface area contributed by atoms with Gasteiger partial charge < -0.3 is 16.2 Å². The highest BCUT2D eigenvalue weighted by atomic mass is 16.2. The summed E-state index contributed by atoms with van der Waals surface area (Å²) >= 11 is 0. The van der Waals surface area contributed by atoms with Gasteiger partial charge in [0.05, 0.1) is 6.54 Å². The van der Waals surface area contributed by atoms with Gasteiger partial charge >= 0.3 is 0 Å². The predicted octanol–water partition coefficient (Wildman–Crippen LogP) is 1.61. The monoisotopic (exact) mass is 279 g/mol. The number of aryl methyl sites for hydroxylation is 1. The van der Waals surface area contributed by atoms with Gasteiger partial charge in [-0.15, -0.1) is 0 Å². The van der Waals surface area contributed by atoms with Crippen LogP contribution in [0, 0.1) is 6.92 Å². The van der Waals surface area contributed by atoms with Crippen LogP contribution in [0.3, 0.4) is 0 Å². The van der Waals surface area contributed by atoms with Gasteiger partial charge in [0.25, 0.3) is 0 Å². The Morgan fingerprint density at radius 2 is 2.10 bits per heavy atom. The molecule has 1 aromatic carbocycles. The van der Waals surface area contributed by atoms with Crippen molar-refractivity contribution in [1.29, 1.82) is 0 Å². The number of anilines is 2. The molecule has 4 N–H and O–H groups in total. The Kier molecular flexibility index (Phi) is 7.04. The molecule has 0 atom stereocenters. The molecule has 0 aliphatic carbocycles. The molecule has 5 heteroatoms. The SMILES string of the molecule is Cc1ccc(N)cc1NC(=O)CN(C)CCCCCO. The van der Waals surface area contributed by atoms with Crippen molar-refractivity contribution >= 4 is 17.3 Å². The minimum Gasteiger partial charge on any atom is -0.399 e. The maximum atomic E-state index is 11.9. The normalized spacial score (nSPS) is 10.8. The second-order valence-electron chi connectivity index (χ2n) is 5.14. The minimum absolute atomic E-state index is 0.0386. The van der Waals surface area contributed by atoms with Gasteiger partial charge in [0.15, 0.2) is 0 Å². The number of hydrogen-bond acceptors (Lipinski definition) is 4. The van der Waals surface area contributed by atoms with Crippen molar-refractivity contribution in [3.63, 3.8) is 0 Å². The summed E-state index contributed by atoms with van der Waals surface area (Å²) < 4.78 is 0. The van der Waals surface area contributed by atoms with Gasteiger partial charge in [-0.2, -0.15) is 0 Å². The number of amides is 1. The lowest BCUT2D eigenvalue weighted by atomic mass is 10.2. The first kappa shape index (κ1) is 16.5. The van der Waals surface area contributed by atoms with Crippen molar-refractivity contribution in [2.24, 2.45) is 0 Å². The Bertz CT molecular complexity index is 435. The van der Waals surface area contributed by atoms with Crippen LogP contribution in [0.2, 0.25) is 0 Å². The molecule has 0 bridgehead atoms. The second kappa shape index (κ2) is 8.55. The third-order valence-electron chi connectivity index (χ3n) is 3.15. The first-order valence-corrected chi connectivity index (χ1v) is 6.98. The largest absolute Gasteiger partial charge is 0.399 e. The number of carbonyl (C=O) groups is 1. The highest BCUT2D eigenvalue weighted by molar-refractivity contribution is 5.93. The van der Waals surface area contributed by atoms with Gasteiger partial charge in [-0.25, -0.2) is 0 Å². The number of nitrogens with one attached hydrogen (secondary N) is 1. The number of unbranched alkanes of at least 4 members (excludes halogenated alkanes) is 2. The molecule has 5 nitrogen and oxygen atoms in total. The molecule has 112 valence electrons. The topological polar surface area (TPSA) is 78.6 Å². The summed E-state index contributed by atoms with van der Waals surface area (Å²) in [5.74, 6) is -0.0386. The standard InChI is InChI=1S/C15H25N3O2/c1-12-6-7-13(16)10-14(12)17-15(20)11-18(2)8-4-3-5-9-19/h6-7,10,19H,3-5,8-9,11,16H2,1-2H3,(H,17,20). The zero-order valence-corrected chi connectivity index (χ0v) is 12.4. The van der Waals surface area contributed by atoms with E-state index >= 15 is 0 Å². The molecule has 20 heavy (non-hydrogen) atoms. The Balaban J connectivity index is 2.37. The lowest BCUT2D eigenvalue weighted by molar-refractivity contribution is -0.117. The maximum Gasteiger partial charge on any atom is 0.238 e. The summed E-state index contributed by atoms with van der Waals surface area (Å²) in [6.45, 7) is 3.38. The highest BCUT2D eigenvalue weighted by Crippen LogP contribution is 2.17. The predicted molar refractivity (Wildman–Crippen MR) is 82.7 cm³/mol. The Morgan fingerprint density at radius 1 is 1.35 bits per heavy atom. The van der Waals surface area contributed by atoms with Crippen molar-refractivity contribution in [2.75, 3.05) is 37.8 Å². The smallest absolute Gasteiger partial charge is 0.238 e. The third kappa shape index (κ3) is 6.04. The average molecular weight is 279 g/mol. The van der Waals surface area contributed by atoms with E-state index in [0.29, 0.717) is 12.2 Å². The van der Waals surface area contributed by atoms with Gasteiger partial charge in [0.1, 0.15) is 0 Å². The number of aliphatic hydroxyl groups is 1. The van der Waals surface area contributed by atoms with E-state index in [9.17, 15) is 4.79 Å². The van der Waals surface area contributed by atoms with Crippen LogP contribution in [0.15, 0.2) is 18.2 Å². The van der Waals surface area contributed by atoms with Crippen LogP contribution in [-0.4, -0.2) is 42.7 Å². The molecule has 0 unspecified atom stereocenters. The number of hydrogen-bond donors (Lipinski definition) is 3. The first-order chi connectivity index (χ1) is 9.52. The van der Waals surface area contributed by atoms with Crippen LogP contribution >= 0.6 is 0 Å². The number of nitrogen functional groups attached to an aromatic ring is 1. The zero-order chi connectivity index (χ0) is 15.0. The molecule has 1 amide bonds. The summed E-state index contributed by atoms with van der Waals surface area (Å²) in [6, 6.07) is 5.48. The molecule has 0 aliphatic rings. The van der Waals surface area contributed by atoms with E-state index in [0.717, 1.165) is 37.1 Å². The molecular formula is C15H25N3O2. The molecule has 0 aromatic heterocycles. The van der Waals surface area contributed by atoms with Crippen molar-refractivity contribution in [3.05, 3.63) is 23.8 Å². The fourth-order valence-corrected chi connectivity index (χ4v) is 1.96. The number of carbonyl (C=O) groups excluding carboxylic acids is 1. The van der Waals surface area contributed by atoms with Crippen LogP contribution in [0.4, 0.5) is 11.4 Å². The first-order valence-electron chi connectivity index (χ1n) is 6.98. The van der Waals surface area contributed by atoms with Crippen molar-refractivity contribution in [3.8, 4) is 0 Å². The van der Waals surface area contributed by atoms with E-state index in [-0.39, 0.29) is 12.5 Å². The van der Waals surface area contributed by atoms with Crippen LogP contribution in [0.5, 0.6) is 0 Å². The number of likely N-dealkylation sites (N-methyl/N-ethyl adjacent to an activating group) is 1. The molecule has 0 saturated heterocycles. The molecule has 0 spiro atoms.